The Morgan fingerprint density at radius 1 is 1.42 bits per heavy atom. The second-order valence-corrected chi connectivity index (χ2v) is 2.77. The fourth-order valence-corrected chi connectivity index (χ4v) is 0.972. The van der Waals surface area contributed by atoms with Crippen LogP contribution in [0.15, 0.2) is 0 Å². The molecule has 0 radical (unpaired) electrons. The molecule has 1 amide bonds. The minimum absolute atomic E-state index is 0.163. The molecule has 0 aromatic rings. The molecule has 68 valence electrons. The van der Waals surface area contributed by atoms with Crippen molar-refractivity contribution in [2.24, 2.45) is 5.92 Å². The summed E-state index contributed by atoms with van der Waals surface area (Å²) < 4.78 is 0. The van der Waals surface area contributed by atoms with Crippen molar-refractivity contribution in [3.63, 3.8) is 0 Å². The Labute approximate surface area is 74.7 Å². The highest BCUT2D eigenvalue weighted by Crippen LogP contribution is 2.04. The lowest BCUT2D eigenvalue weighted by Crippen LogP contribution is -2.27. The van der Waals surface area contributed by atoms with Gasteiger partial charge < -0.3 is 5.32 Å². The quantitative estimate of drug-likeness (QED) is 0.632. The number of hydrogen-bond acceptors (Lipinski definition) is 1. The Kier molecular flexibility index (Phi) is 6.18. The van der Waals surface area contributed by atoms with E-state index in [0.717, 1.165) is 19.4 Å². The van der Waals surface area contributed by atoms with Crippen molar-refractivity contribution in [3.05, 3.63) is 0 Å². The largest absolute Gasteiger partial charge is 0.345 e. The lowest BCUT2D eigenvalue weighted by atomic mass is 10.0. The summed E-state index contributed by atoms with van der Waals surface area (Å²) in [7, 11) is 0. The van der Waals surface area contributed by atoms with Gasteiger partial charge in [-0.05, 0) is 18.8 Å². The molecule has 0 heterocycles. The molecule has 0 saturated carbocycles. The number of carbonyl (C=O) groups is 1. The van der Waals surface area contributed by atoms with Crippen molar-refractivity contribution in [2.75, 3.05) is 6.54 Å². The third-order valence-corrected chi connectivity index (χ3v) is 1.94. The molecule has 12 heavy (non-hydrogen) atoms. The van der Waals surface area contributed by atoms with Gasteiger partial charge in [0.25, 0.3) is 5.91 Å². The van der Waals surface area contributed by atoms with E-state index in [-0.39, 0.29) is 5.91 Å². The van der Waals surface area contributed by atoms with Crippen molar-refractivity contribution in [3.8, 4) is 11.8 Å². The van der Waals surface area contributed by atoms with Crippen molar-refractivity contribution in [1.29, 1.82) is 0 Å². The Morgan fingerprint density at radius 3 is 2.42 bits per heavy atom. The molecular formula is C10H17NO. The summed E-state index contributed by atoms with van der Waals surface area (Å²) in [5.74, 6) is 5.44. The summed E-state index contributed by atoms with van der Waals surface area (Å²) in [6, 6.07) is 0. The molecule has 2 heteroatoms. The van der Waals surface area contributed by atoms with Crippen LogP contribution in [0.3, 0.4) is 0 Å². The summed E-state index contributed by atoms with van der Waals surface area (Å²) in [6.45, 7) is 6.68. The minimum atomic E-state index is -0.163. The molecule has 0 bridgehead atoms. The molecule has 0 atom stereocenters. The second-order valence-electron chi connectivity index (χ2n) is 2.77. The summed E-state index contributed by atoms with van der Waals surface area (Å²) in [4.78, 5) is 10.9. The SMILES string of the molecule is CC#CC(=O)NCC(CC)CC. The molecule has 0 unspecified atom stereocenters. The summed E-state index contributed by atoms with van der Waals surface area (Å²) in [6.07, 6.45) is 2.21. The maximum atomic E-state index is 10.9. The zero-order valence-corrected chi connectivity index (χ0v) is 8.11. The first-order valence-electron chi connectivity index (χ1n) is 4.45. The van der Waals surface area contributed by atoms with E-state index >= 15 is 0 Å². The Hall–Kier alpha value is -0.970. The first kappa shape index (κ1) is 11.0. The van der Waals surface area contributed by atoms with Crippen LogP contribution in [0.4, 0.5) is 0 Å². The smallest absolute Gasteiger partial charge is 0.295 e. The molecule has 0 fully saturated rings. The Balaban J connectivity index is 3.63. The van der Waals surface area contributed by atoms with E-state index in [4.69, 9.17) is 0 Å². The van der Waals surface area contributed by atoms with Crippen LogP contribution in [0.25, 0.3) is 0 Å². The first-order chi connectivity index (χ1) is 5.74. The average Bonchev–Trinajstić information content (AvgIpc) is 2.07. The van der Waals surface area contributed by atoms with Crippen LogP contribution in [-0.2, 0) is 4.79 Å². The van der Waals surface area contributed by atoms with Gasteiger partial charge in [0.1, 0.15) is 0 Å². The van der Waals surface area contributed by atoms with Gasteiger partial charge in [-0.2, -0.15) is 0 Å². The minimum Gasteiger partial charge on any atom is -0.345 e. The lowest BCUT2D eigenvalue weighted by molar-refractivity contribution is -0.115. The Bertz CT molecular complexity index is 184. The van der Waals surface area contributed by atoms with Gasteiger partial charge in [0, 0.05) is 6.54 Å². The van der Waals surface area contributed by atoms with Gasteiger partial charge >= 0.3 is 0 Å². The van der Waals surface area contributed by atoms with Crippen LogP contribution in [-0.4, -0.2) is 12.5 Å². The molecule has 0 spiro atoms. The van der Waals surface area contributed by atoms with E-state index in [2.05, 4.69) is 31.0 Å². The van der Waals surface area contributed by atoms with Crippen LogP contribution in [0.2, 0.25) is 0 Å². The van der Waals surface area contributed by atoms with Crippen LogP contribution in [0, 0.1) is 17.8 Å². The normalized spacial score (nSPS) is 9.00. The van der Waals surface area contributed by atoms with Crippen molar-refractivity contribution < 1.29 is 4.79 Å². The fraction of sp³-hybridized carbons (Fsp3) is 0.700. The molecule has 0 aromatic carbocycles. The molecule has 0 aromatic heterocycles. The highest BCUT2D eigenvalue weighted by molar-refractivity contribution is 5.93. The van der Waals surface area contributed by atoms with Crippen LogP contribution in [0.5, 0.6) is 0 Å². The molecule has 2 nitrogen and oxygen atoms in total. The van der Waals surface area contributed by atoms with E-state index < -0.39 is 0 Å². The third kappa shape index (κ3) is 4.79. The van der Waals surface area contributed by atoms with Gasteiger partial charge in [-0.25, -0.2) is 0 Å². The average molecular weight is 167 g/mol. The summed E-state index contributed by atoms with van der Waals surface area (Å²) >= 11 is 0. The highest BCUT2D eigenvalue weighted by Gasteiger charge is 2.03. The van der Waals surface area contributed by atoms with E-state index in [1.54, 1.807) is 6.92 Å². The van der Waals surface area contributed by atoms with Gasteiger partial charge in [-0.1, -0.05) is 32.6 Å². The molecule has 1 N–H and O–H groups in total. The predicted molar refractivity (Wildman–Crippen MR) is 50.5 cm³/mol. The Morgan fingerprint density at radius 2 is 2.00 bits per heavy atom. The van der Waals surface area contributed by atoms with Gasteiger partial charge in [-0.15, -0.1) is 0 Å². The monoisotopic (exact) mass is 167 g/mol. The van der Waals surface area contributed by atoms with Crippen LogP contribution >= 0.6 is 0 Å². The molecule has 0 rings (SSSR count). The topological polar surface area (TPSA) is 29.1 Å². The van der Waals surface area contributed by atoms with Crippen molar-refractivity contribution >= 4 is 5.91 Å². The van der Waals surface area contributed by atoms with Crippen molar-refractivity contribution in [1.82, 2.24) is 5.32 Å². The number of carbonyl (C=O) groups excluding carboxylic acids is 1. The van der Waals surface area contributed by atoms with E-state index in [1.165, 1.54) is 0 Å². The standard InChI is InChI=1S/C10H17NO/c1-4-7-10(12)11-8-9(5-2)6-3/h9H,5-6,8H2,1-3H3,(H,11,12). The summed E-state index contributed by atoms with van der Waals surface area (Å²) in [5.41, 5.74) is 0. The molecular weight excluding hydrogens is 150 g/mol. The molecule has 0 aliphatic carbocycles. The fourth-order valence-electron chi connectivity index (χ4n) is 0.972. The maximum absolute atomic E-state index is 10.9. The second kappa shape index (κ2) is 6.72. The zero-order valence-electron chi connectivity index (χ0n) is 8.11. The number of nitrogens with one attached hydrogen (secondary N) is 1. The number of amides is 1. The van der Waals surface area contributed by atoms with E-state index in [1.807, 2.05) is 0 Å². The molecule has 0 aliphatic rings. The van der Waals surface area contributed by atoms with Gasteiger partial charge in [0.2, 0.25) is 0 Å². The zero-order chi connectivity index (χ0) is 9.40. The summed E-state index contributed by atoms with van der Waals surface area (Å²) in [5, 5.41) is 2.77. The van der Waals surface area contributed by atoms with E-state index in [9.17, 15) is 4.79 Å². The van der Waals surface area contributed by atoms with Gasteiger partial charge in [0.15, 0.2) is 0 Å². The first-order valence-corrected chi connectivity index (χ1v) is 4.45. The van der Waals surface area contributed by atoms with E-state index in [0.29, 0.717) is 5.92 Å². The van der Waals surface area contributed by atoms with Crippen LogP contribution in [0.1, 0.15) is 33.6 Å². The van der Waals surface area contributed by atoms with Crippen LogP contribution < -0.4 is 5.32 Å². The van der Waals surface area contributed by atoms with Crippen molar-refractivity contribution in [2.45, 2.75) is 33.6 Å². The number of hydrogen-bond donors (Lipinski definition) is 1. The third-order valence-electron chi connectivity index (χ3n) is 1.94. The van der Waals surface area contributed by atoms with Gasteiger partial charge in [-0.3, -0.25) is 4.79 Å². The number of rotatable bonds is 4. The van der Waals surface area contributed by atoms with Gasteiger partial charge in [0.05, 0.1) is 0 Å². The highest BCUT2D eigenvalue weighted by atomic mass is 16.1. The molecule has 0 aliphatic heterocycles. The predicted octanol–water partition coefficient (Wildman–Crippen LogP) is 1.56. The molecule has 0 saturated heterocycles. The lowest BCUT2D eigenvalue weighted by Gasteiger charge is -2.10. The maximum Gasteiger partial charge on any atom is 0.295 e.